The molecular weight excluding hydrogens is 272 g/mol. The van der Waals surface area contributed by atoms with Gasteiger partial charge in [0.25, 0.3) is 11.7 Å². The van der Waals surface area contributed by atoms with Crippen molar-refractivity contribution in [2.24, 2.45) is 0 Å². The smallest absolute Gasteiger partial charge is 0.288 e. The Hall–Kier alpha value is -1.14. The maximum absolute atomic E-state index is 12.4. The molecule has 1 aromatic carbocycles. The average Bonchev–Trinajstić information content (AvgIpc) is 2.36. The van der Waals surface area contributed by atoms with Crippen LogP contribution in [0.2, 0.25) is 0 Å². The number of carbonyl (C=O) groups excluding carboxylic acids is 1. The van der Waals surface area contributed by atoms with Crippen molar-refractivity contribution in [3.8, 4) is 0 Å². The highest BCUT2D eigenvalue weighted by Crippen LogP contribution is 2.28. The zero-order valence-electron chi connectivity index (χ0n) is 10.6. The van der Waals surface area contributed by atoms with E-state index in [0.29, 0.717) is 24.6 Å². The van der Waals surface area contributed by atoms with Crippen molar-refractivity contribution in [2.75, 3.05) is 6.61 Å². The maximum Gasteiger partial charge on any atom is 0.288 e. The summed E-state index contributed by atoms with van der Waals surface area (Å²) in [6.07, 6.45) is 1.24. The predicted octanol–water partition coefficient (Wildman–Crippen LogP) is 2.89. The fraction of sp³-hybridized carbons (Fsp3) is 0.462. The summed E-state index contributed by atoms with van der Waals surface area (Å²) in [6, 6.07) is 6.19. The number of nitrogens with one attached hydrogen (secondary N) is 1. The maximum atomic E-state index is 12.4. The van der Waals surface area contributed by atoms with E-state index in [9.17, 15) is 13.6 Å². The lowest BCUT2D eigenvalue weighted by Crippen LogP contribution is -2.33. The first-order valence-corrected chi connectivity index (χ1v) is 6.88. The molecule has 6 heteroatoms. The lowest BCUT2D eigenvalue weighted by molar-refractivity contribution is 0.0933. The van der Waals surface area contributed by atoms with Crippen LogP contribution in [-0.4, -0.2) is 29.4 Å². The Morgan fingerprint density at radius 1 is 1.42 bits per heavy atom. The standard InChI is InChI=1S/C13H17F2NO2S/c1-9(5-4-8-17)16-12(18)10-6-2-3-7-11(10)19-13(14)15/h2-3,6-7,9,13,17H,4-5,8H2,1H3,(H,16,18). The molecule has 2 N–H and O–H groups in total. The van der Waals surface area contributed by atoms with E-state index in [-0.39, 0.29) is 29.0 Å². The summed E-state index contributed by atoms with van der Waals surface area (Å²) in [5.41, 5.74) is 0.253. The third-order valence-corrected chi connectivity index (χ3v) is 3.31. The molecule has 1 aromatic rings. The van der Waals surface area contributed by atoms with E-state index in [1.54, 1.807) is 12.1 Å². The van der Waals surface area contributed by atoms with Crippen molar-refractivity contribution in [1.29, 1.82) is 0 Å². The van der Waals surface area contributed by atoms with Crippen molar-refractivity contribution in [3.63, 3.8) is 0 Å². The number of hydrogen-bond donors (Lipinski definition) is 2. The van der Waals surface area contributed by atoms with E-state index in [0.717, 1.165) is 0 Å². The molecule has 0 radical (unpaired) electrons. The van der Waals surface area contributed by atoms with Crippen LogP contribution >= 0.6 is 11.8 Å². The molecule has 0 aromatic heterocycles. The van der Waals surface area contributed by atoms with Crippen LogP contribution < -0.4 is 5.32 Å². The zero-order chi connectivity index (χ0) is 14.3. The summed E-state index contributed by atoms with van der Waals surface area (Å²) >= 11 is 0.364. The highest BCUT2D eigenvalue weighted by atomic mass is 32.2. The molecule has 0 fully saturated rings. The number of alkyl halides is 2. The third-order valence-electron chi connectivity index (χ3n) is 2.52. The van der Waals surface area contributed by atoms with E-state index >= 15 is 0 Å². The van der Waals surface area contributed by atoms with Crippen molar-refractivity contribution < 1.29 is 18.7 Å². The summed E-state index contributed by atoms with van der Waals surface area (Å²) in [7, 11) is 0. The molecule has 0 bridgehead atoms. The molecule has 3 nitrogen and oxygen atoms in total. The minimum atomic E-state index is -2.55. The molecule has 1 amide bonds. The number of rotatable bonds is 7. The lowest BCUT2D eigenvalue weighted by Gasteiger charge is -2.15. The molecule has 0 saturated carbocycles. The number of carbonyl (C=O) groups is 1. The Bertz CT molecular complexity index is 415. The fourth-order valence-corrected chi connectivity index (χ4v) is 2.26. The van der Waals surface area contributed by atoms with Crippen LogP contribution in [0.5, 0.6) is 0 Å². The van der Waals surface area contributed by atoms with Gasteiger partial charge >= 0.3 is 0 Å². The largest absolute Gasteiger partial charge is 0.396 e. The third kappa shape index (κ3) is 5.57. The van der Waals surface area contributed by atoms with Crippen LogP contribution in [-0.2, 0) is 0 Å². The molecule has 1 atom stereocenters. The normalized spacial score (nSPS) is 12.5. The van der Waals surface area contributed by atoms with E-state index in [4.69, 9.17) is 5.11 Å². The van der Waals surface area contributed by atoms with Gasteiger partial charge in [0.2, 0.25) is 0 Å². The quantitative estimate of drug-likeness (QED) is 0.759. The van der Waals surface area contributed by atoms with Crippen LogP contribution in [0, 0.1) is 0 Å². The molecule has 0 aliphatic rings. The van der Waals surface area contributed by atoms with Gasteiger partial charge in [0, 0.05) is 17.5 Å². The Kier molecular flexibility index (Phi) is 6.80. The van der Waals surface area contributed by atoms with Crippen molar-refractivity contribution in [3.05, 3.63) is 29.8 Å². The van der Waals surface area contributed by atoms with Gasteiger partial charge in [-0.2, -0.15) is 8.78 Å². The highest BCUT2D eigenvalue weighted by Gasteiger charge is 2.16. The number of halogens is 2. The Morgan fingerprint density at radius 2 is 2.11 bits per heavy atom. The number of thioether (sulfide) groups is 1. The molecule has 0 saturated heterocycles. The van der Waals surface area contributed by atoms with Gasteiger partial charge in [0.05, 0.1) is 5.56 Å². The second-order valence-corrected chi connectivity index (χ2v) is 5.15. The van der Waals surface area contributed by atoms with Crippen molar-refractivity contribution in [2.45, 2.75) is 36.5 Å². The van der Waals surface area contributed by atoms with Crippen LogP contribution in [0.15, 0.2) is 29.2 Å². The minimum absolute atomic E-state index is 0.0675. The van der Waals surface area contributed by atoms with E-state index < -0.39 is 5.76 Å². The highest BCUT2D eigenvalue weighted by molar-refractivity contribution is 7.99. The number of benzene rings is 1. The Morgan fingerprint density at radius 3 is 2.74 bits per heavy atom. The molecule has 0 spiro atoms. The summed E-state index contributed by atoms with van der Waals surface area (Å²) in [5, 5.41) is 11.4. The monoisotopic (exact) mass is 289 g/mol. The number of aliphatic hydroxyl groups is 1. The van der Waals surface area contributed by atoms with E-state index in [1.165, 1.54) is 12.1 Å². The summed E-state index contributed by atoms with van der Waals surface area (Å²) < 4.78 is 24.8. The molecule has 1 rings (SSSR count). The summed E-state index contributed by atoms with van der Waals surface area (Å²) in [5.74, 6) is -2.92. The molecule has 1 unspecified atom stereocenters. The summed E-state index contributed by atoms with van der Waals surface area (Å²) in [6.45, 7) is 1.88. The minimum Gasteiger partial charge on any atom is -0.396 e. The molecule has 0 aliphatic carbocycles. The van der Waals surface area contributed by atoms with Gasteiger partial charge in [-0.25, -0.2) is 0 Å². The second-order valence-electron chi connectivity index (χ2n) is 4.12. The SMILES string of the molecule is CC(CCCO)NC(=O)c1ccccc1SC(F)F. The van der Waals surface area contributed by atoms with Crippen molar-refractivity contribution in [1.82, 2.24) is 5.32 Å². The van der Waals surface area contributed by atoms with Gasteiger partial charge in [-0.15, -0.1) is 0 Å². The van der Waals surface area contributed by atoms with E-state index in [2.05, 4.69) is 5.32 Å². The molecule has 0 heterocycles. The van der Waals surface area contributed by atoms with Gasteiger partial charge in [-0.1, -0.05) is 23.9 Å². The van der Waals surface area contributed by atoms with Crippen LogP contribution in [0.3, 0.4) is 0 Å². The molecule has 19 heavy (non-hydrogen) atoms. The number of aliphatic hydroxyl groups excluding tert-OH is 1. The Labute approximate surface area is 115 Å². The first-order chi connectivity index (χ1) is 9.04. The van der Waals surface area contributed by atoms with Crippen LogP contribution in [0.25, 0.3) is 0 Å². The molecular formula is C13H17F2NO2S. The topological polar surface area (TPSA) is 49.3 Å². The number of amides is 1. The summed E-state index contributed by atoms with van der Waals surface area (Å²) in [4.78, 5) is 12.3. The average molecular weight is 289 g/mol. The van der Waals surface area contributed by atoms with Gasteiger partial charge in [0.15, 0.2) is 0 Å². The second kappa shape index (κ2) is 8.12. The lowest BCUT2D eigenvalue weighted by atomic mass is 10.1. The fourth-order valence-electron chi connectivity index (χ4n) is 1.62. The molecule has 106 valence electrons. The van der Waals surface area contributed by atoms with Crippen LogP contribution in [0.1, 0.15) is 30.1 Å². The van der Waals surface area contributed by atoms with Gasteiger partial charge in [0.1, 0.15) is 0 Å². The van der Waals surface area contributed by atoms with Crippen molar-refractivity contribution >= 4 is 17.7 Å². The zero-order valence-corrected chi connectivity index (χ0v) is 11.4. The number of hydrogen-bond acceptors (Lipinski definition) is 3. The van der Waals surface area contributed by atoms with Crippen LogP contribution in [0.4, 0.5) is 8.78 Å². The van der Waals surface area contributed by atoms with Gasteiger partial charge in [-0.3, -0.25) is 4.79 Å². The van der Waals surface area contributed by atoms with Gasteiger partial charge < -0.3 is 10.4 Å². The Balaban J connectivity index is 2.70. The first kappa shape index (κ1) is 15.9. The van der Waals surface area contributed by atoms with E-state index in [1.807, 2.05) is 6.92 Å². The van der Waals surface area contributed by atoms with Gasteiger partial charge in [-0.05, 0) is 31.9 Å². The molecule has 0 aliphatic heterocycles. The predicted molar refractivity (Wildman–Crippen MR) is 71.6 cm³/mol. The first-order valence-electron chi connectivity index (χ1n) is 6.00.